The molecule has 0 aliphatic rings. The van der Waals surface area contributed by atoms with Crippen LogP contribution in [-0.4, -0.2) is 22.2 Å². The second kappa shape index (κ2) is 4.90. The summed E-state index contributed by atoms with van der Waals surface area (Å²) >= 11 is 0. The van der Waals surface area contributed by atoms with E-state index < -0.39 is 0 Å². The van der Waals surface area contributed by atoms with Gasteiger partial charge in [-0.25, -0.2) is 0 Å². The lowest BCUT2D eigenvalue weighted by Crippen LogP contribution is -2.09. The number of nitrogens with one attached hydrogen (secondary N) is 1. The molecule has 1 N–H and O–H groups in total. The van der Waals surface area contributed by atoms with Crippen molar-refractivity contribution in [1.29, 1.82) is 0 Å². The van der Waals surface area contributed by atoms with Crippen molar-refractivity contribution in [3.8, 4) is 11.4 Å². The monoisotopic (exact) mass is 271 g/mol. The van der Waals surface area contributed by atoms with Crippen LogP contribution in [0.3, 0.4) is 0 Å². The van der Waals surface area contributed by atoms with Crippen LogP contribution in [0.5, 0.6) is 0 Å². The van der Waals surface area contributed by atoms with Crippen LogP contribution in [0.15, 0.2) is 33.6 Å². The van der Waals surface area contributed by atoms with Gasteiger partial charge in [0.15, 0.2) is 0 Å². The van der Waals surface area contributed by atoms with Crippen molar-refractivity contribution in [3.63, 3.8) is 0 Å². The normalized spacial score (nSPS) is 11.1. The SMILES string of the molecule is COCc1nc(-c2cc3ccc(C)cc3[nH]c2=O)no1. The molecule has 0 atom stereocenters. The second-order valence-electron chi connectivity index (χ2n) is 4.55. The zero-order valence-corrected chi connectivity index (χ0v) is 11.1. The Bertz CT molecular complexity index is 820. The molecule has 1 aromatic carbocycles. The number of nitrogens with zero attached hydrogens (tertiary/aromatic N) is 2. The van der Waals surface area contributed by atoms with Gasteiger partial charge in [-0.3, -0.25) is 4.79 Å². The topological polar surface area (TPSA) is 81.0 Å². The molecule has 0 radical (unpaired) electrons. The number of rotatable bonds is 3. The first-order valence-corrected chi connectivity index (χ1v) is 6.13. The summed E-state index contributed by atoms with van der Waals surface area (Å²) in [6, 6.07) is 7.61. The molecular formula is C14H13N3O3. The number of fused-ring (bicyclic) bond motifs is 1. The molecule has 2 aromatic heterocycles. The van der Waals surface area contributed by atoms with Crippen molar-refractivity contribution in [2.45, 2.75) is 13.5 Å². The Kier molecular flexibility index (Phi) is 3.08. The number of aromatic amines is 1. The number of benzene rings is 1. The average molecular weight is 271 g/mol. The van der Waals surface area contributed by atoms with Crippen LogP contribution in [0.1, 0.15) is 11.5 Å². The van der Waals surface area contributed by atoms with Gasteiger partial charge in [-0.2, -0.15) is 4.98 Å². The van der Waals surface area contributed by atoms with Crippen LogP contribution in [0.2, 0.25) is 0 Å². The van der Waals surface area contributed by atoms with Crippen LogP contribution < -0.4 is 5.56 Å². The summed E-state index contributed by atoms with van der Waals surface area (Å²) in [5.41, 5.74) is 2.02. The fourth-order valence-electron chi connectivity index (χ4n) is 2.03. The van der Waals surface area contributed by atoms with Crippen molar-refractivity contribution in [2.24, 2.45) is 0 Å². The van der Waals surface area contributed by atoms with Gasteiger partial charge in [0.2, 0.25) is 5.82 Å². The highest BCUT2D eigenvalue weighted by Crippen LogP contribution is 2.18. The lowest BCUT2D eigenvalue weighted by molar-refractivity contribution is 0.151. The smallest absolute Gasteiger partial charge is 0.259 e. The molecule has 0 spiro atoms. The average Bonchev–Trinajstić information content (AvgIpc) is 2.86. The van der Waals surface area contributed by atoms with E-state index in [0.717, 1.165) is 16.5 Å². The summed E-state index contributed by atoms with van der Waals surface area (Å²) in [6.07, 6.45) is 0. The van der Waals surface area contributed by atoms with Gasteiger partial charge in [0.1, 0.15) is 6.61 Å². The predicted octanol–water partition coefficient (Wildman–Crippen LogP) is 2.03. The van der Waals surface area contributed by atoms with Crippen LogP contribution in [0, 0.1) is 6.92 Å². The maximum atomic E-state index is 12.1. The molecule has 0 fully saturated rings. The maximum absolute atomic E-state index is 12.1. The summed E-state index contributed by atoms with van der Waals surface area (Å²) in [4.78, 5) is 19.1. The highest BCUT2D eigenvalue weighted by Gasteiger charge is 2.13. The number of hydrogen-bond acceptors (Lipinski definition) is 5. The zero-order valence-electron chi connectivity index (χ0n) is 11.1. The Labute approximate surface area is 114 Å². The van der Waals surface area contributed by atoms with Crippen LogP contribution in [0.4, 0.5) is 0 Å². The third-order valence-electron chi connectivity index (χ3n) is 2.98. The first-order chi connectivity index (χ1) is 9.67. The van der Waals surface area contributed by atoms with Crippen molar-refractivity contribution in [2.75, 3.05) is 7.11 Å². The quantitative estimate of drug-likeness (QED) is 0.788. The Balaban J connectivity index is 2.12. The Hall–Kier alpha value is -2.47. The molecule has 0 bridgehead atoms. The number of ether oxygens (including phenoxy) is 1. The van der Waals surface area contributed by atoms with Gasteiger partial charge in [-0.15, -0.1) is 0 Å². The molecular weight excluding hydrogens is 258 g/mol. The minimum atomic E-state index is -0.243. The van der Waals surface area contributed by atoms with Crippen LogP contribution in [-0.2, 0) is 11.3 Å². The third kappa shape index (κ3) is 2.21. The van der Waals surface area contributed by atoms with Gasteiger partial charge in [0.05, 0.1) is 5.56 Å². The predicted molar refractivity (Wildman–Crippen MR) is 73.3 cm³/mol. The Morgan fingerprint density at radius 2 is 2.20 bits per heavy atom. The lowest BCUT2D eigenvalue weighted by Gasteiger charge is -2.01. The van der Waals surface area contributed by atoms with E-state index in [1.165, 1.54) is 7.11 Å². The summed E-state index contributed by atoms with van der Waals surface area (Å²) in [7, 11) is 1.54. The summed E-state index contributed by atoms with van der Waals surface area (Å²) in [5.74, 6) is 0.603. The molecule has 0 aliphatic heterocycles. The molecule has 102 valence electrons. The van der Waals surface area contributed by atoms with Gasteiger partial charge in [0, 0.05) is 12.6 Å². The second-order valence-corrected chi connectivity index (χ2v) is 4.55. The van der Waals surface area contributed by atoms with E-state index in [0.29, 0.717) is 11.5 Å². The van der Waals surface area contributed by atoms with E-state index in [9.17, 15) is 4.79 Å². The fraction of sp³-hybridized carbons (Fsp3) is 0.214. The number of pyridine rings is 1. The van der Waals surface area contributed by atoms with Crippen molar-refractivity contribution in [3.05, 3.63) is 46.1 Å². The fourth-order valence-corrected chi connectivity index (χ4v) is 2.03. The molecule has 2 heterocycles. The van der Waals surface area contributed by atoms with Gasteiger partial charge in [-0.05, 0) is 30.0 Å². The van der Waals surface area contributed by atoms with E-state index in [-0.39, 0.29) is 18.0 Å². The minimum absolute atomic E-state index is 0.220. The molecule has 0 aliphatic carbocycles. The molecule has 3 aromatic rings. The number of aromatic nitrogens is 3. The molecule has 3 rings (SSSR count). The number of aryl methyl sites for hydroxylation is 1. The summed E-state index contributed by atoms with van der Waals surface area (Å²) in [5, 5.41) is 4.72. The van der Waals surface area contributed by atoms with Crippen LogP contribution in [0.25, 0.3) is 22.3 Å². The molecule has 20 heavy (non-hydrogen) atoms. The Morgan fingerprint density at radius 1 is 1.35 bits per heavy atom. The summed E-state index contributed by atoms with van der Waals surface area (Å²) in [6.45, 7) is 2.19. The highest BCUT2D eigenvalue weighted by atomic mass is 16.5. The van der Waals surface area contributed by atoms with E-state index in [4.69, 9.17) is 9.26 Å². The first kappa shape index (κ1) is 12.6. The van der Waals surface area contributed by atoms with Gasteiger partial charge in [0.25, 0.3) is 11.4 Å². The molecule has 0 amide bonds. The van der Waals surface area contributed by atoms with E-state index >= 15 is 0 Å². The van der Waals surface area contributed by atoms with Crippen LogP contribution >= 0.6 is 0 Å². The largest absolute Gasteiger partial charge is 0.375 e. The van der Waals surface area contributed by atoms with Gasteiger partial charge >= 0.3 is 0 Å². The highest BCUT2D eigenvalue weighted by molar-refractivity contribution is 5.82. The standard InChI is InChI=1S/C14H13N3O3/c1-8-3-4-9-6-10(14(18)15-11(9)5-8)13-16-12(7-19-2)20-17-13/h3-6H,7H2,1-2H3,(H,15,18). The first-order valence-electron chi connectivity index (χ1n) is 6.13. The van der Waals surface area contributed by atoms with E-state index in [1.54, 1.807) is 6.07 Å². The molecule has 0 saturated carbocycles. The summed E-state index contributed by atoms with van der Waals surface area (Å²) < 4.78 is 9.92. The number of methoxy groups -OCH3 is 1. The van der Waals surface area contributed by atoms with Crippen molar-refractivity contribution >= 4 is 10.9 Å². The lowest BCUT2D eigenvalue weighted by atomic mass is 10.1. The van der Waals surface area contributed by atoms with Crippen molar-refractivity contribution in [1.82, 2.24) is 15.1 Å². The molecule has 0 unspecified atom stereocenters. The molecule has 6 heteroatoms. The van der Waals surface area contributed by atoms with Gasteiger partial charge < -0.3 is 14.2 Å². The minimum Gasteiger partial charge on any atom is -0.375 e. The van der Waals surface area contributed by atoms with Crippen molar-refractivity contribution < 1.29 is 9.26 Å². The molecule has 6 nitrogen and oxygen atoms in total. The number of H-pyrrole nitrogens is 1. The number of hydrogen-bond donors (Lipinski definition) is 1. The van der Waals surface area contributed by atoms with E-state index in [1.807, 2.05) is 25.1 Å². The molecule has 0 saturated heterocycles. The Morgan fingerprint density at radius 3 is 3.00 bits per heavy atom. The zero-order chi connectivity index (χ0) is 14.1. The van der Waals surface area contributed by atoms with Gasteiger partial charge in [-0.1, -0.05) is 17.3 Å². The third-order valence-corrected chi connectivity index (χ3v) is 2.98. The van der Waals surface area contributed by atoms with E-state index in [2.05, 4.69) is 15.1 Å². The maximum Gasteiger partial charge on any atom is 0.259 e.